The second-order valence-electron chi connectivity index (χ2n) is 5.20. The summed E-state index contributed by atoms with van der Waals surface area (Å²) in [5, 5.41) is 11.2. The first-order valence-corrected chi connectivity index (χ1v) is 9.71. The highest BCUT2D eigenvalue weighted by molar-refractivity contribution is 7.09. The average molecular weight is 467 g/mol. The van der Waals surface area contributed by atoms with Crippen LogP contribution in [0.4, 0.5) is 0 Å². The van der Waals surface area contributed by atoms with E-state index < -0.39 is 5.91 Å². The maximum Gasteiger partial charge on any atom is 0.254 e. The van der Waals surface area contributed by atoms with E-state index in [-0.39, 0.29) is 32.2 Å². The van der Waals surface area contributed by atoms with Crippen LogP contribution in [0.1, 0.15) is 10.4 Å². The third-order valence-electron chi connectivity index (χ3n) is 3.45. The zero-order valence-electron chi connectivity index (χ0n) is 13.7. The van der Waals surface area contributed by atoms with Crippen molar-refractivity contribution in [2.75, 3.05) is 13.7 Å². The molecule has 2 aromatic heterocycles. The van der Waals surface area contributed by atoms with Crippen molar-refractivity contribution in [2.24, 2.45) is 0 Å². The maximum absolute atomic E-state index is 12.4. The summed E-state index contributed by atoms with van der Waals surface area (Å²) in [5.41, 5.74) is 0.696. The normalized spacial score (nSPS) is 10.9. The minimum atomic E-state index is -0.484. The van der Waals surface area contributed by atoms with Crippen molar-refractivity contribution in [1.29, 1.82) is 0 Å². The van der Waals surface area contributed by atoms with Gasteiger partial charge >= 0.3 is 0 Å². The Morgan fingerprint density at radius 1 is 1.22 bits per heavy atom. The van der Waals surface area contributed by atoms with Crippen molar-refractivity contribution in [3.8, 4) is 16.5 Å². The van der Waals surface area contributed by atoms with E-state index in [2.05, 4.69) is 20.0 Å². The van der Waals surface area contributed by atoms with Crippen LogP contribution >= 0.6 is 57.9 Å². The first-order valence-electron chi connectivity index (χ1n) is 7.43. The molecule has 1 aromatic carbocycles. The van der Waals surface area contributed by atoms with Gasteiger partial charge < -0.3 is 10.1 Å². The Labute approximate surface area is 178 Å². The lowest BCUT2D eigenvalue weighted by Crippen LogP contribution is -2.28. The first kappa shape index (κ1) is 20.2. The fourth-order valence-corrected chi connectivity index (χ4v) is 3.78. The SMILES string of the molecule is COc1cc(-c2cn(CCNC(=O)c3c(Cl)c(Cl)cc(Cl)c3Cl)nn2)sn1. The predicted molar refractivity (Wildman–Crippen MR) is 106 cm³/mol. The third kappa shape index (κ3) is 4.47. The van der Waals surface area contributed by atoms with Gasteiger partial charge in [0.25, 0.3) is 5.91 Å². The molecule has 0 radical (unpaired) electrons. The molecule has 1 amide bonds. The molecule has 0 fully saturated rings. The Bertz CT molecular complexity index is 964. The van der Waals surface area contributed by atoms with Crippen LogP contribution in [0.15, 0.2) is 18.3 Å². The zero-order valence-corrected chi connectivity index (χ0v) is 17.5. The van der Waals surface area contributed by atoms with Gasteiger partial charge in [-0.1, -0.05) is 51.6 Å². The Kier molecular flexibility index (Phi) is 6.44. The number of nitrogens with zero attached hydrogens (tertiary/aromatic N) is 4. The predicted octanol–water partition coefficient (Wildman–Crippen LogP) is 4.45. The molecule has 0 atom stereocenters. The van der Waals surface area contributed by atoms with Crippen LogP contribution in [-0.2, 0) is 6.54 Å². The highest BCUT2D eigenvalue weighted by Gasteiger charge is 2.20. The maximum atomic E-state index is 12.4. The molecule has 0 spiro atoms. The number of hydrogen-bond acceptors (Lipinski definition) is 6. The molecule has 3 aromatic rings. The summed E-state index contributed by atoms with van der Waals surface area (Å²) >= 11 is 25.3. The Balaban J connectivity index is 1.63. The molecule has 142 valence electrons. The molecule has 0 aliphatic heterocycles. The lowest BCUT2D eigenvalue weighted by atomic mass is 10.2. The van der Waals surface area contributed by atoms with Crippen molar-refractivity contribution in [3.63, 3.8) is 0 Å². The molecule has 1 N–H and O–H groups in total. The topological polar surface area (TPSA) is 81.9 Å². The number of rotatable bonds is 6. The fourth-order valence-electron chi connectivity index (χ4n) is 2.14. The number of halogens is 4. The summed E-state index contributed by atoms with van der Waals surface area (Å²) < 4.78 is 10.8. The number of aromatic nitrogens is 4. The van der Waals surface area contributed by atoms with Gasteiger partial charge in [0.15, 0.2) is 0 Å². The Hall–Kier alpha value is -1.58. The van der Waals surface area contributed by atoms with E-state index >= 15 is 0 Å². The standard InChI is InChI=1S/C15H11Cl4N5O2S/c1-26-11-5-10(27-22-11)9-6-24(23-21-9)3-2-20-15(25)12-13(18)7(16)4-8(17)14(12)19/h4-6H,2-3H2,1H3,(H,20,25). The number of amides is 1. The second kappa shape index (κ2) is 8.62. The van der Waals surface area contributed by atoms with Crippen molar-refractivity contribution < 1.29 is 9.53 Å². The minimum Gasteiger partial charge on any atom is -0.480 e. The van der Waals surface area contributed by atoms with Crippen molar-refractivity contribution in [2.45, 2.75) is 6.54 Å². The molecule has 0 aliphatic carbocycles. The van der Waals surface area contributed by atoms with Gasteiger partial charge in [0.2, 0.25) is 5.88 Å². The molecule has 0 unspecified atom stereocenters. The van der Waals surface area contributed by atoms with Crippen molar-refractivity contribution >= 4 is 63.8 Å². The number of methoxy groups -OCH3 is 1. The molecule has 0 saturated carbocycles. The van der Waals surface area contributed by atoms with Gasteiger partial charge in [-0.25, -0.2) is 0 Å². The molecular formula is C15H11Cl4N5O2S. The van der Waals surface area contributed by atoms with Gasteiger partial charge in [-0.2, -0.15) is 4.37 Å². The molecule has 12 heteroatoms. The number of carbonyl (C=O) groups is 1. The Morgan fingerprint density at radius 2 is 1.93 bits per heavy atom. The lowest BCUT2D eigenvalue weighted by molar-refractivity contribution is 0.0952. The van der Waals surface area contributed by atoms with Crippen molar-refractivity contribution in [3.05, 3.63) is 44.0 Å². The third-order valence-corrected chi connectivity index (χ3v) is 5.82. The summed E-state index contributed by atoms with van der Waals surface area (Å²) in [6.45, 7) is 0.655. The summed E-state index contributed by atoms with van der Waals surface area (Å²) in [6, 6.07) is 3.16. The van der Waals surface area contributed by atoms with Crippen molar-refractivity contribution in [1.82, 2.24) is 24.7 Å². The summed E-state index contributed by atoms with van der Waals surface area (Å²) in [4.78, 5) is 13.2. The smallest absolute Gasteiger partial charge is 0.254 e. The minimum absolute atomic E-state index is 0.0341. The number of nitrogens with one attached hydrogen (secondary N) is 1. The summed E-state index contributed by atoms with van der Waals surface area (Å²) in [7, 11) is 1.55. The molecule has 0 saturated heterocycles. The number of carbonyl (C=O) groups excluding carboxylic acids is 1. The van der Waals surface area contributed by atoms with E-state index in [4.69, 9.17) is 51.1 Å². The fraction of sp³-hybridized carbons (Fsp3) is 0.200. The summed E-state index contributed by atoms with van der Waals surface area (Å²) in [6.07, 6.45) is 1.75. The number of hydrogen-bond donors (Lipinski definition) is 1. The highest BCUT2D eigenvalue weighted by Crippen LogP contribution is 2.37. The van der Waals surface area contributed by atoms with Gasteiger partial charge in [0.1, 0.15) is 5.69 Å². The van der Waals surface area contributed by atoms with Crippen LogP contribution in [0.3, 0.4) is 0 Å². The van der Waals surface area contributed by atoms with Crippen LogP contribution in [0.25, 0.3) is 10.6 Å². The molecule has 7 nitrogen and oxygen atoms in total. The first-order chi connectivity index (χ1) is 12.9. The average Bonchev–Trinajstić information content (AvgIpc) is 3.29. The van der Waals surface area contributed by atoms with E-state index in [1.54, 1.807) is 24.1 Å². The van der Waals surface area contributed by atoms with Gasteiger partial charge in [0, 0.05) is 12.6 Å². The molecule has 0 aliphatic rings. The van der Waals surface area contributed by atoms with E-state index in [0.29, 0.717) is 18.1 Å². The number of ether oxygens (including phenoxy) is 1. The van der Waals surface area contributed by atoms with Crippen LogP contribution in [0, 0.1) is 0 Å². The summed E-state index contributed by atoms with van der Waals surface area (Å²) in [5.74, 6) is 0.0349. The largest absolute Gasteiger partial charge is 0.480 e. The quantitative estimate of drug-likeness (QED) is 0.542. The number of benzene rings is 1. The van der Waals surface area contributed by atoms with E-state index in [9.17, 15) is 4.79 Å². The zero-order chi connectivity index (χ0) is 19.6. The molecule has 27 heavy (non-hydrogen) atoms. The van der Waals surface area contributed by atoms with Crippen LogP contribution in [-0.4, -0.2) is 38.9 Å². The second-order valence-corrected chi connectivity index (χ2v) is 7.57. The van der Waals surface area contributed by atoms with Gasteiger partial charge in [-0.3, -0.25) is 9.48 Å². The Morgan fingerprint density at radius 3 is 2.56 bits per heavy atom. The molecule has 0 bridgehead atoms. The van der Waals surface area contributed by atoms with E-state index in [1.165, 1.54) is 17.6 Å². The van der Waals surface area contributed by atoms with Crippen LogP contribution in [0.2, 0.25) is 20.1 Å². The van der Waals surface area contributed by atoms with Gasteiger partial charge in [-0.15, -0.1) is 5.10 Å². The van der Waals surface area contributed by atoms with Crippen LogP contribution in [0.5, 0.6) is 5.88 Å². The van der Waals surface area contributed by atoms with E-state index in [1.807, 2.05) is 0 Å². The van der Waals surface area contributed by atoms with Gasteiger partial charge in [0.05, 0.1) is 50.4 Å². The van der Waals surface area contributed by atoms with E-state index in [0.717, 1.165) is 4.88 Å². The molecular weight excluding hydrogens is 456 g/mol. The van der Waals surface area contributed by atoms with Gasteiger partial charge in [-0.05, 0) is 17.6 Å². The molecule has 3 rings (SSSR count). The lowest BCUT2D eigenvalue weighted by Gasteiger charge is -2.10. The highest BCUT2D eigenvalue weighted by atomic mass is 35.5. The van der Waals surface area contributed by atoms with Crippen LogP contribution < -0.4 is 10.1 Å². The monoisotopic (exact) mass is 465 g/mol. The molecule has 2 heterocycles.